The number of aliphatic hydroxyl groups excluding tert-OH is 1. The van der Waals surface area contributed by atoms with E-state index in [1.54, 1.807) is 13.0 Å². The molecule has 0 saturated heterocycles. The number of rotatable bonds is 10. The van der Waals surface area contributed by atoms with Crippen LogP contribution in [0, 0.1) is 5.92 Å². The number of ether oxygens (including phenoxy) is 1. The summed E-state index contributed by atoms with van der Waals surface area (Å²) in [5.74, 6) is -2.23. The molecule has 0 bridgehead atoms. The zero-order valence-electron chi connectivity index (χ0n) is 16.8. The van der Waals surface area contributed by atoms with E-state index in [4.69, 9.17) is 4.74 Å². The van der Waals surface area contributed by atoms with Gasteiger partial charge in [-0.1, -0.05) is 31.9 Å². The van der Waals surface area contributed by atoms with E-state index in [-0.39, 0.29) is 23.0 Å². The van der Waals surface area contributed by atoms with Crippen LogP contribution in [0.2, 0.25) is 0 Å². The second kappa shape index (κ2) is 9.24. The summed E-state index contributed by atoms with van der Waals surface area (Å²) in [4.78, 5) is 23.3. The number of carboxylic acids is 1. The molecule has 1 aromatic rings. The third kappa shape index (κ3) is 4.55. The summed E-state index contributed by atoms with van der Waals surface area (Å²) in [6.07, 6.45) is 2.76. The van der Waals surface area contributed by atoms with Gasteiger partial charge in [-0.2, -0.15) is 0 Å². The number of aliphatic hydroxyl groups is 1. The van der Waals surface area contributed by atoms with Crippen LogP contribution in [0.15, 0.2) is 18.2 Å². The molecule has 0 spiro atoms. The lowest BCUT2D eigenvalue weighted by Gasteiger charge is -2.26. The maximum atomic E-state index is 11.9. The van der Waals surface area contributed by atoms with E-state index in [1.807, 2.05) is 0 Å². The second-order valence-corrected chi connectivity index (χ2v) is 7.66. The third-order valence-corrected chi connectivity index (χ3v) is 5.41. The first-order valence-corrected chi connectivity index (χ1v) is 9.80. The molecule has 1 aliphatic rings. The fourth-order valence-electron chi connectivity index (χ4n) is 3.97. The predicted molar refractivity (Wildman–Crippen MR) is 106 cm³/mol. The Hall–Kier alpha value is -2.34. The van der Waals surface area contributed by atoms with Gasteiger partial charge in [-0.3, -0.25) is 0 Å². The molecule has 0 aromatic heterocycles. The number of carbonyl (C=O) groups is 2. The quantitative estimate of drug-likeness (QED) is 0.409. The van der Waals surface area contributed by atoms with Gasteiger partial charge in [0.25, 0.3) is 0 Å². The highest BCUT2D eigenvalue weighted by Gasteiger charge is 2.43. The van der Waals surface area contributed by atoms with Crippen molar-refractivity contribution in [3.63, 3.8) is 0 Å². The molecule has 2 rings (SSSR count). The van der Waals surface area contributed by atoms with Crippen LogP contribution in [-0.2, 0) is 11.2 Å². The largest absolute Gasteiger partial charge is 0.507 e. The van der Waals surface area contributed by atoms with E-state index >= 15 is 0 Å². The summed E-state index contributed by atoms with van der Waals surface area (Å²) in [6, 6.07) is 1.62. The zero-order chi connectivity index (χ0) is 21.0. The third-order valence-electron chi connectivity index (χ3n) is 5.41. The number of hydrogen-bond donors (Lipinski definition) is 3. The van der Waals surface area contributed by atoms with Crippen LogP contribution in [-0.4, -0.2) is 33.4 Å². The van der Waals surface area contributed by atoms with Gasteiger partial charge in [0.05, 0.1) is 5.92 Å². The number of Topliss-reactive ketones (excluding diaryl/α,β-unsaturated/α-hetero) is 1. The molecule has 1 aliphatic heterocycles. The summed E-state index contributed by atoms with van der Waals surface area (Å²) in [6.45, 7) is 9.31. The number of phenols is 1. The predicted octanol–water partition coefficient (Wildman–Crippen LogP) is 4.18. The molecule has 6 heteroatoms. The van der Waals surface area contributed by atoms with Crippen LogP contribution < -0.4 is 4.74 Å². The summed E-state index contributed by atoms with van der Waals surface area (Å²) in [5, 5.41) is 31.1. The molecular weight excluding hydrogens is 360 g/mol. The number of ketones is 1. The Morgan fingerprint density at radius 3 is 2.50 bits per heavy atom. The van der Waals surface area contributed by atoms with Crippen LogP contribution in [0.25, 0.3) is 0 Å². The molecule has 0 amide bonds. The van der Waals surface area contributed by atoms with Crippen molar-refractivity contribution in [1.82, 2.24) is 0 Å². The lowest BCUT2D eigenvalue weighted by Crippen LogP contribution is -2.26. The van der Waals surface area contributed by atoms with Crippen LogP contribution in [0.1, 0.15) is 80.3 Å². The molecule has 3 atom stereocenters. The number of allylic oxidation sites excluding steroid dienone is 1. The minimum Gasteiger partial charge on any atom is -0.507 e. The molecule has 0 aliphatic carbocycles. The van der Waals surface area contributed by atoms with Gasteiger partial charge < -0.3 is 24.9 Å². The van der Waals surface area contributed by atoms with Crippen LogP contribution >= 0.6 is 0 Å². The molecule has 1 heterocycles. The highest BCUT2D eigenvalue weighted by molar-refractivity contribution is 5.94. The fraction of sp³-hybridized carbons (Fsp3) is 0.545. The molecule has 6 nitrogen and oxygen atoms in total. The van der Waals surface area contributed by atoms with Crippen LogP contribution in [0.4, 0.5) is 0 Å². The van der Waals surface area contributed by atoms with Gasteiger partial charge in [-0.05, 0) is 50.7 Å². The van der Waals surface area contributed by atoms with Crippen molar-refractivity contribution in [3.8, 4) is 11.5 Å². The Kier molecular flexibility index (Phi) is 7.24. The first-order chi connectivity index (χ1) is 13.2. The number of carboxylic acid groups (broad SMARTS) is 1. The van der Waals surface area contributed by atoms with Crippen molar-refractivity contribution in [1.29, 1.82) is 0 Å². The number of aryl methyl sites for hydroxylation is 1. The molecule has 0 fully saturated rings. The Balaban J connectivity index is 2.51. The van der Waals surface area contributed by atoms with Gasteiger partial charge >= 0.3 is 5.97 Å². The highest BCUT2D eigenvalue weighted by Crippen LogP contribution is 2.51. The molecule has 1 aromatic carbocycles. The average Bonchev–Trinajstić information content (AvgIpc) is 2.91. The van der Waals surface area contributed by atoms with Crippen molar-refractivity contribution < 1.29 is 29.6 Å². The van der Waals surface area contributed by atoms with Gasteiger partial charge in [-0.15, -0.1) is 0 Å². The minimum absolute atomic E-state index is 0.0154. The van der Waals surface area contributed by atoms with Crippen molar-refractivity contribution in [2.24, 2.45) is 5.92 Å². The maximum absolute atomic E-state index is 11.9. The van der Waals surface area contributed by atoms with Gasteiger partial charge in [-0.25, -0.2) is 4.79 Å². The Morgan fingerprint density at radius 2 is 1.96 bits per heavy atom. The van der Waals surface area contributed by atoms with E-state index in [9.17, 15) is 24.9 Å². The van der Waals surface area contributed by atoms with Crippen LogP contribution in [0.3, 0.4) is 0 Å². The van der Waals surface area contributed by atoms with E-state index in [2.05, 4.69) is 13.5 Å². The van der Waals surface area contributed by atoms with Crippen molar-refractivity contribution in [2.75, 3.05) is 0 Å². The zero-order valence-corrected chi connectivity index (χ0v) is 16.8. The van der Waals surface area contributed by atoms with Gasteiger partial charge in [0.1, 0.15) is 22.8 Å². The average molecular weight is 390 g/mol. The lowest BCUT2D eigenvalue weighted by atomic mass is 9.78. The first-order valence-electron chi connectivity index (χ1n) is 9.80. The summed E-state index contributed by atoms with van der Waals surface area (Å²) in [7, 11) is 0. The minimum atomic E-state index is -1.23. The number of fused-ring (bicyclic) bond motifs is 1. The number of aromatic carboxylic acids is 1. The topological polar surface area (TPSA) is 104 Å². The molecule has 0 saturated carbocycles. The normalized spacial score (nSPS) is 19.0. The molecular formula is C22H30O6. The molecule has 0 radical (unpaired) electrons. The number of aromatic hydroxyl groups is 1. The fourth-order valence-corrected chi connectivity index (χ4v) is 3.97. The van der Waals surface area contributed by atoms with Gasteiger partial charge in [0, 0.05) is 12.0 Å². The van der Waals surface area contributed by atoms with Gasteiger partial charge in [0.2, 0.25) is 6.29 Å². The highest BCUT2D eigenvalue weighted by atomic mass is 16.6. The van der Waals surface area contributed by atoms with E-state index in [1.165, 1.54) is 6.92 Å². The number of hydrogen-bond acceptors (Lipinski definition) is 5. The smallest absolute Gasteiger partial charge is 0.339 e. The lowest BCUT2D eigenvalue weighted by molar-refractivity contribution is -0.117. The van der Waals surface area contributed by atoms with Crippen molar-refractivity contribution in [3.05, 3.63) is 34.9 Å². The van der Waals surface area contributed by atoms with E-state index in [0.29, 0.717) is 36.1 Å². The number of unbranched alkanes of at least 4 members (excludes halogenated alkanes) is 2. The summed E-state index contributed by atoms with van der Waals surface area (Å²) in [5.41, 5.74) is 1.40. The number of benzene rings is 1. The molecule has 3 N–H and O–H groups in total. The maximum Gasteiger partial charge on any atom is 0.339 e. The molecule has 28 heavy (non-hydrogen) atoms. The Bertz CT molecular complexity index is 767. The Labute approximate surface area is 165 Å². The van der Waals surface area contributed by atoms with Crippen molar-refractivity contribution in [2.45, 2.75) is 71.5 Å². The summed E-state index contributed by atoms with van der Waals surface area (Å²) < 4.78 is 5.60. The second-order valence-electron chi connectivity index (χ2n) is 7.66. The number of carbonyl (C=O) groups excluding carboxylic acids is 1. The SMILES string of the molecule is C=C(C)[C@H](CCC(C)=O)[C@@H]1c2c(cc(CCCCC)c(C(=O)O)c2O)O[C@H]1O. The summed E-state index contributed by atoms with van der Waals surface area (Å²) >= 11 is 0. The molecule has 154 valence electrons. The van der Waals surface area contributed by atoms with Crippen molar-refractivity contribution >= 4 is 11.8 Å². The monoisotopic (exact) mass is 390 g/mol. The molecule has 0 unspecified atom stereocenters. The van der Waals surface area contributed by atoms with Gasteiger partial charge in [0.15, 0.2) is 0 Å². The van der Waals surface area contributed by atoms with Crippen LogP contribution in [0.5, 0.6) is 11.5 Å². The van der Waals surface area contributed by atoms with E-state index in [0.717, 1.165) is 24.8 Å². The first kappa shape index (κ1) is 22.0. The standard InChI is InChI=1S/C22H30O6/c1-5-6-7-8-14-11-16-19(20(24)17(14)21(25)26)18(22(27)28-16)15(12(2)3)10-9-13(4)23/h11,15,18,22,24,27H,2,5-10H2,1,3-4H3,(H,25,26)/t15-,18+,22+/m0/s1. The van der Waals surface area contributed by atoms with E-state index < -0.39 is 18.2 Å². The Morgan fingerprint density at radius 1 is 1.29 bits per heavy atom.